The Hall–Kier alpha value is -4.05. The van der Waals surface area contributed by atoms with Gasteiger partial charge in [0.15, 0.2) is 0 Å². The van der Waals surface area contributed by atoms with Crippen LogP contribution in [0.25, 0.3) is 0 Å². The molecule has 4 rings (SSSR count). The van der Waals surface area contributed by atoms with E-state index in [1.165, 1.54) is 24.1 Å². The number of hydrogen-bond donors (Lipinski definition) is 1. The van der Waals surface area contributed by atoms with Crippen LogP contribution in [0.1, 0.15) is 55.7 Å². The third kappa shape index (κ3) is 7.91. The van der Waals surface area contributed by atoms with Gasteiger partial charge in [-0.15, -0.1) is 0 Å². The van der Waals surface area contributed by atoms with Crippen LogP contribution in [-0.2, 0) is 26.2 Å². The molecule has 0 aliphatic heterocycles. The molecule has 0 saturated heterocycles. The van der Waals surface area contributed by atoms with Crippen molar-refractivity contribution >= 4 is 27.5 Å². The third-order valence-corrected chi connectivity index (χ3v) is 9.90. The number of methoxy groups -OCH3 is 2. The molecule has 0 bridgehead atoms. The zero-order valence-corrected chi connectivity index (χ0v) is 27.0. The van der Waals surface area contributed by atoms with Gasteiger partial charge < -0.3 is 19.7 Å². The van der Waals surface area contributed by atoms with E-state index in [0.717, 1.165) is 53.1 Å². The number of sulfonamides is 1. The van der Waals surface area contributed by atoms with Gasteiger partial charge in [-0.3, -0.25) is 13.9 Å². The minimum absolute atomic E-state index is 0.0456. The van der Waals surface area contributed by atoms with Crippen LogP contribution in [-0.4, -0.2) is 58.0 Å². The second-order valence-corrected chi connectivity index (χ2v) is 13.3. The minimum atomic E-state index is -4.21. The molecule has 1 atom stereocenters. The molecule has 10 heteroatoms. The normalized spacial score (nSPS) is 14.4. The van der Waals surface area contributed by atoms with Crippen molar-refractivity contribution in [1.82, 2.24) is 10.2 Å². The Morgan fingerprint density at radius 1 is 0.886 bits per heavy atom. The highest BCUT2D eigenvalue weighted by Crippen LogP contribution is 2.34. The lowest BCUT2D eigenvalue weighted by Crippen LogP contribution is -2.53. The molecule has 2 amide bonds. The highest BCUT2D eigenvalue weighted by Gasteiger charge is 2.34. The van der Waals surface area contributed by atoms with Crippen molar-refractivity contribution in [3.8, 4) is 11.5 Å². The van der Waals surface area contributed by atoms with Gasteiger partial charge in [0.25, 0.3) is 10.0 Å². The Balaban J connectivity index is 1.72. The summed E-state index contributed by atoms with van der Waals surface area (Å²) in [5.74, 6) is 0.187. The van der Waals surface area contributed by atoms with Crippen LogP contribution >= 0.6 is 0 Å². The van der Waals surface area contributed by atoms with E-state index in [-0.39, 0.29) is 29.1 Å². The number of hydrogen-bond acceptors (Lipinski definition) is 6. The summed E-state index contributed by atoms with van der Waals surface area (Å²) in [5, 5.41) is 3.13. The molecule has 236 valence electrons. The molecule has 1 N–H and O–H groups in total. The Morgan fingerprint density at radius 2 is 1.52 bits per heavy atom. The SMILES string of the molecule is COc1ccc(CN(C(=O)CN(c2cc(C)ccc2OC)S(=O)(=O)c2ccc(C)cc2)C(C)C(=O)NC2CCCCC2)cc1. The summed E-state index contributed by atoms with van der Waals surface area (Å²) in [4.78, 5) is 29.3. The summed E-state index contributed by atoms with van der Waals surface area (Å²) < 4.78 is 40.3. The minimum Gasteiger partial charge on any atom is -0.497 e. The van der Waals surface area contributed by atoms with Gasteiger partial charge in [0, 0.05) is 12.6 Å². The third-order valence-electron chi connectivity index (χ3n) is 8.12. The molecular formula is C34H43N3O6S. The van der Waals surface area contributed by atoms with E-state index in [9.17, 15) is 18.0 Å². The van der Waals surface area contributed by atoms with Crippen LogP contribution in [0.15, 0.2) is 71.6 Å². The maximum absolute atomic E-state index is 14.3. The molecule has 0 aromatic heterocycles. The van der Waals surface area contributed by atoms with Gasteiger partial charge in [-0.05, 0) is 81.1 Å². The number of benzene rings is 3. The van der Waals surface area contributed by atoms with Crippen molar-refractivity contribution in [3.63, 3.8) is 0 Å². The molecule has 1 aliphatic rings. The molecule has 3 aromatic rings. The molecule has 0 spiro atoms. The number of anilines is 1. The predicted molar refractivity (Wildman–Crippen MR) is 171 cm³/mol. The molecule has 3 aromatic carbocycles. The quantitative estimate of drug-likeness (QED) is 0.291. The van der Waals surface area contributed by atoms with Gasteiger partial charge in [-0.1, -0.05) is 55.2 Å². The summed E-state index contributed by atoms with van der Waals surface area (Å²) in [7, 11) is -1.18. The van der Waals surface area contributed by atoms with Crippen molar-refractivity contribution in [2.75, 3.05) is 25.1 Å². The van der Waals surface area contributed by atoms with Crippen molar-refractivity contribution in [2.45, 2.75) is 76.4 Å². The van der Waals surface area contributed by atoms with E-state index < -0.39 is 28.5 Å². The predicted octanol–water partition coefficient (Wildman–Crippen LogP) is 5.38. The summed E-state index contributed by atoms with van der Waals surface area (Å²) in [6, 6.07) is 18.1. The Labute approximate surface area is 261 Å². The molecule has 0 radical (unpaired) electrons. The highest BCUT2D eigenvalue weighted by atomic mass is 32.2. The first-order chi connectivity index (χ1) is 21.0. The highest BCUT2D eigenvalue weighted by molar-refractivity contribution is 7.92. The monoisotopic (exact) mass is 621 g/mol. The molecule has 1 aliphatic carbocycles. The van der Waals surface area contributed by atoms with E-state index in [1.807, 2.05) is 32.0 Å². The average Bonchev–Trinajstić information content (AvgIpc) is 3.03. The van der Waals surface area contributed by atoms with Crippen molar-refractivity contribution in [3.05, 3.63) is 83.4 Å². The second-order valence-electron chi connectivity index (χ2n) is 11.4. The second kappa shape index (κ2) is 14.6. The standard InChI is InChI=1S/C34H43N3O6S/c1-24-11-18-30(19-12-24)44(40,41)37(31-21-25(2)13-20-32(31)43-5)23-33(38)36(22-27-14-16-29(42-4)17-15-27)26(3)34(39)35-28-9-7-6-8-10-28/h11-21,26,28H,6-10,22-23H2,1-5H3,(H,35,39). The molecule has 9 nitrogen and oxygen atoms in total. The lowest BCUT2D eigenvalue weighted by Gasteiger charge is -2.33. The van der Waals surface area contributed by atoms with E-state index in [4.69, 9.17) is 9.47 Å². The fourth-order valence-electron chi connectivity index (χ4n) is 5.42. The smallest absolute Gasteiger partial charge is 0.264 e. The number of aryl methyl sites for hydroxylation is 2. The Morgan fingerprint density at radius 3 is 2.14 bits per heavy atom. The van der Waals surface area contributed by atoms with E-state index >= 15 is 0 Å². The zero-order chi connectivity index (χ0) is 31.9. The van der Waals surface area contributed by atoms with Gasteiger partial charge in [-0.25, -0.2) is 8.42 Å². The molecule has 1 fully saturated rings. The largest absolute Gasteiger partial charge is 0.497 e. The first-order valence-electron chi connectivity index (χ1n) is 15.0. The summed E-state index contributed by atoms with van der Waals surface area (Å²) in [6.07, 6.45) is 5.06. The van der Waals surface area contributed by atoms with Crippen LogP contribution in [0.4, 0.5) is 5.69 Å². The fourth-order valence-corrected chi connectivity index (χ4v) is 6.84. The molecule has 1 saturated carbocycles. The molecule has 1 unspecified atom stereocenters. The van der Waals surface area contributed by atoms with E-state index in [0.29, 0.717) is 11.5 Å². The van der Waals surface area contributed by atoms with Gasteiger partial charge in [0.1, 0.15) is 24.1 Å². The van der Waals surface area contributed by atoms with E-state index in [1.54, 1.807) is 50.4 Å². The molecule has 44 heavy (non-hydrogen) atoms. The zero-order valence-electron chi connectivity index (χ0n) is 26.2. The fraction of sp³-hybridized carbons (Fsp3) is 0.412. The van der Waals surface area contributed by atoms with Crippen LogP contribution in [0, 0.1) is 13.8 Å². The van der Waals surface area contributed by atoms with Gasteiger partial charge in [-0.2, -0.15) is 0 Å². The number of carbonyl (C=O) groups excluding carboxylic acids is 2. The Kier molecular flexibility index (Phi) is 10.9. The van der Waals surface area contributed by atoms with Gasteiger partial charge in [0.2, 0.25) is 11.8 Å². The van der Waals surface area contributed by atoms with Crippen LogP contribution in [0.5, 0.6) is 11.5 Å². The Bertz CT molecular complexity index is 1530. The van der Waals surface area contributed by atoms with Crippen LogP contribution in [0.2, 0.25) is 0 Å². The number of rotatable bonds is 12. The van der Waals surface area contributed by atoms with Crippen LogP contribution in [0.3, 0.4) is 0 Å². The van der Waals surface area contributed by atoms with Crippen molar-refractivity contribution in [2.24, 2.45) is 0 Å². The maximum Gasteiger partial charge on any atom is 0.264 e. The molecular weight excluding hydrogens is 578 g/mol. The number of nitrogens with one attached hydrogen (secondary N) is 1. The lowest BCUT2D eigenvalue weighted by atomic mass is 9.95. The lowest BCUT2D eigenvalue weighted by molar-refractivity contribution is -0.139. The van der Waals surface area contributed by atoms with Crippen molar-refractivity contribution < 1.29 is 27.5 Å². The van der Waals surface area contributed by atoms with E-state index in [2.05, 4.69) is 5.32 Å². The number of carbonyl (C=O) groups is 2. The summed E-state index contributed by atoms with van der Waals surface area (Å²) in [6.45, 7) is 4.97. The number of amides is 2. The summed E-state index contributed by atoms with van der Waals surface area (Å²) >= 11 is 0. The average molecular weight is 622 g/mol. The van der Waals surface area contributed by atoms with Crippen molar-refractivity contribution in [1.29, 1.82) is 0 Å². The molecule has 0 heterocycles. The van der Waals surface area contributed by atoms with Gasteiger partial charge >= 0.3 is 0 Å². The van der Waals surface area contributed by atoms with Gasteiger partial charge in [0.05, 0.1) is 24.8 Å². The topological polar surface area (TPSA) is 105 Å². The van der Waals surface area contributed by atoms with Crippen LogP contribution < -0.4 is 19.1 Å². The number of ether oxygens (including phenoxy) is 2. The summed E-state index contributed by atoms with van der Waals surface area (Å²) in [5.41, 5.74) is 2.72. The number of nitrogens with zero attached hydrogens (tertiary/aromatic N) is 2. The maximum atomic E-state index is 14.3. The first kappa shape index (κ1) is 32.9. The first-order valence-corrected chi connectivity index (χ1v) is 16.4.